The fourth-order valence-electron chi connectivity index (χ4n) is 3.19. The normalized spacial score (nSPS) is 12.3. The number of hydrogen-bond donors (Lipinski definition) is 4. The summed E-state index contributed by atoms with van der Waals surface area (Å²) in [7, 11) is 0. The molecule has 2 aromatic carbocycles. The Morgan fingerprint density at radius 3 is 2.87 bits per heavy atom. The molecule has 0 fully saturated rings. The minimum atomic E-state index is -1.07. The summed E-state index contributed by atoms with van der Waals surface area (Å²) in [6.07, 6.45) is 6.51. The van der Waals surface area contributed by atoms with E-state index in [9.17, 15) is 14.7 Å². The highest BCUT2D eigenvalue weighted by Gasteiger charge is 2.19. The summed E-state index contributed by atoms with van der Waals surface area (Å²) >= 11 is 0. The lowest BCUT2D eigenvalue weighted by Crippen LogP contribution is -2.45. The van der Waals surface area contributed by atoms with E-state index in [1.165, 1.54) is 6.08 Å². The molecule has 0 saturated heterocycles. The van der Waals surface area contributed by atoms with Gasteiger partial charge in [0.15, 0.2) is 0 Å². The van der Waals surface area contributed by atoms with Crippen molar-refractivity contribution in [3.8, 4) is 0 Å². The van der Waals surface area contributed by atoms with Crippen molar-refractivity contribution >= 4 is 45.4 Å². The monoisotopic (exact) mass is 400 g/mol. The van der Waals surface area contributed by atoms with E-state index in [0.29, 0.717) is 5.69 Å². The molecule has 2 amide bonds. The molecule has 4 N–H and O–H groups in total. The number of fused-ring (bicyclic) bond motifs is 2. The maximum absolute atomic E-state index is 12.5. The van der Waals surface area contributed by atoms with Crippen LogP contribution in [0, 0.1) is 0 Å². The molecule has 0 radical (unpaired) electrons. The fraction of sp³-hybridized carbons (Fsp3) is 0.0870. The van der Waals surface area contributed by atoms with Crippen LogP contribution >= 0.6 is 0 Å². The number of aliphatic hydroxyl groups is 1. The molecule has 0 bridgehead atoms. The molecule has 0 saturated carbocycles. The first kappa shape index (κ1) is 19.4. The van der Waals surface area contributed by atoms with E-state index in [4.69, 9.17) is 0 Å². The van der Waals surface area contributed by atoms with Crippen LogP contribution in [0.1, 0.15) is 5.56 Å². The van der Waals surface area contributed by atoms with E-state index in [0.717, 1.165) is 27.4 Å². The minimum absolute atomic E-state index is 0.475. The molecule has 4 rings (SSSR count). The van der Waals surface area contributed by atoms with E-state index < -0.39 is 24.5 Å². The van der Waals surface area contributed by atoms with E-state index in [-0.39, 0.29) is 0 Å². The third-order valence-corrected chi connectivity index (χ3v) is 4.72. The van der Waals surface area contributed by atoms with Gasteiger partial charge in [-0.25, -0.2) is 0 Å². The second-order valence-corrected chi connectivity index (χ2v) is 6.77. The molecule has 2 aromatic heterocycles. The lowest BCUT2D eigenvalue weighted by atomic mass is 10.1. The zero-order chi connectivity index (χ0) is 20.9. The van der Waals surface area contributed by atoms with Gasteiger partial charge >= 0.3 is 0 Å². The molecule has 2 heterocycles. The number of para-hydroxylation sites is 1. The number of amides is 2. The summed E-state index contributed by atoms with van der Waals surface area (Å²) in [5, 5.41) is 16.7. The van der Waals surface area contributed by atoms with Crippen molar-refractivity contribution in [2.75, 3.05) is 11.9 Å². The molecule has 4 aromatic rings. The zero-order valence-electron chi connectivity index (χ0n) is 16.0. The molecule has 7 heteroatoms. The minimum Gasteiger partial charge on any atom is -0.394 e. The van der Waals surface area contributed by atoms with Gasteiger partial charge in [0.25, 0.3) is 0 Å². The SMILES string of the molecule is O=C(C=Cc1c[nH]c2ccccc12)NC(CO)C(=O)Nc1ccc2ncccc2c1. The van der Waals surface area contributed by atoms with E-state index in [1.54, 1.807) is 36.7 Å². The van der Waals surface area contributed by atoms with Gasteiger partial charge in [-0.1, -0.05) is 24.3 Å². The highest BCUT2D eigenvalue weighted by molar-refractivity contribution is 6.02. The van der Waals surface area contributed by atoms with Crippen LogP contribution in [0.15, 0.2) is 73.1 Å². The van der Waals surface area contributed by atoms with Crippen LogP contribution in [0.3, 0.4) is 0 Å². The van der Waals surface area contributed by atoms with Gasteiger partial charge in [-0.2, -0.15) is 0 Å². The molecular formula is C23H20N4O3. The topological polar surface area (TPSA) is 107 Å². The Morgan fingerprint density at radius 1 is 1.13 bits per heavy atom. The van der Waals surface area contributed by atoms with Crippen LogP contribution in [0.4, 0.5) is 5.69 Å². The molecule has 0 spiro atoms. The summed E-state index contributed by atoms with van der Waals surface area (Å²) in [5.74, 6) is -0.980. The van der Waals surface area contributed by atoms with Crippen molar-refractivity contribution in [1.29, 1.82) is 0 Å². The van der Waals surface area contributed by atoms with Crippen molar-refractivity contribution in [3.63, 3.8) is 0 Å². The summed E-state index contributed by atoms with van der Waals surface area (Å²) in [6, 6.07) is 15.7. The van der Waals surface area contributed by atoms with Crippen molar-refractivity contribution in [2.45, 2.75) is 6.04 Å². The van der Waals surface area contributed by atoms with Crippen molar-refractivity contribution < 1.29 is 14.7 Å². The van der Waals surface area contributed by atoms with Gasteiger partial charge < -0.3 is 20.7 Å². The predicted octanol–water partition coefficient (Wildman–Crippen LogP) is 2.85. The van der Waals surface area contributed by atoms with Gasteiger partial charge in [-0.05, 0) is 42.0 Å². The van der Waals surface area contributed by atoms with Crippen LogP contribution < -0.4 is 10.6 Å². The summed E-state index contributed by atoms with van der Waals surface area (Å²) in [5.41, 5.74) is 3.19. The Balaban J connectivity index is 1.41. The first-order valence-corrected chi connectivity index (χ1v) is 9.45. The predicted molar refractivity (Wildman–Crippen MR) is 117 cm³/mol. The number of aromatic amines is 1. The number of nitrogens with zero attached hydrogens (tertiary/aromatic N) is 1. The molecule has 0 aliphatic heterocycles. The second kappa shape index (κ2) is 8.59. The van der Waals surface area contributed by atoms with Gasteiger partial charge in [-0.15, -0.1) is 0 Å². The molecule has 150 valence electrons. The third-order valence-electron chi connectivity index (χ3n) is 4.72. The van der Waals surface area contributed by atoms with Gasteiger partial charge in [-0.3, -0.25) is 14.6 Å². The Bertz CT molecular complexity index is 1250. The number of H-pyrrole nitrogens is 1. The van der Waals surface area contributed by atoms with E-state index >= 15 is 0 Å². The van der Waals surface area contributed by atoms with Gasteiger partial charge in [0, 0.05) is 40.4 Å². The number of benzene rings is 2. The summed E-state index contributed by atoms with van der Waals surface area (Å²) in [6.45, 7) is -0.520. The summed E-state index contributed by atoms with van der Waals surface area (Å²) in [4.78, 5) is 32.1. The first-order valence-electron chi connectivity index (χ1n) is 9.45. The number of rotatable bonds is 6. The van der Waals surface area contributed by atoms with Crippen molar-refractivity contribution in [3.05, 3.63) is 78.6 Å². The number of aliphatic hydroxyl groups excluding tert-OH is 1. The highest BCUT2D eigenvalue weighted by Crippen LogP contribution is 2.19. The Labute approximate surface area is 172 Å². The number of aromatic nitrogens is 2. The maximum atomic E-state index is 12.5. The quantitative estimate of drug-likeness (QED) is 0.373. The van der Waals surface area contributed by atoms with Crippen LogP contribution in [0.5, 0.6) is 0 Å². The molecule has 0 aliphatic rings. The van der Waals surface area contributed by atoms with Crippen LogP contribution in [-0.4, -0.2) is 39.5 Å². The van der Waals surface area contributed by atoms with E-state index in [2.05, 4.69) is 20.6 Å². The lowest BCUT2D eigenvalue weighted by Gasteiger charge is -2.15. The van der Waals surface area contributed by atoms with Gasteiger partial charge in [0.1, 0.15) is 6.04 Å². The Hall–Kier alpha value is -3.97. The number of carbonyl (C=O) groups excluding carboxylic acids is 2. The fourth-order valence-corrected chi connectivity index (χ4v) is 3.19. The van der Waals surface area contributed by atoms with Crippen molar-refractivity contribution in [1.82, 2.24) is 15.3 Å². The first-order chi connectivity index (χ1) is 14.6. The average Bonchev–Trinajstić information content (AvgIpc) is 3.19. The van der Waals surface area contributed by atoms with Crippen LogP contribution in [0.25, 0.3) is 27.9 Å². The Morgan fingerprint density at radius 2 is 2.00 bits per heavy atom. The highest BCUT2D eigenvalue weighted by atomic mass is 16.3. The summed E-state index contributed by atoms with van der Waals surface area (Å²) < 4.78 is 0. The molecule has 1 unspecified atom stereocenters. The van der Waals surface area contributed by atoms with Crippen LogP contribution in [-0.2, 0) is 9.59 Å². The third kappa shape index (κ3) is 4.21. The van der Waals surface area contributed by atoms with E-state index in [1.807, 2.05) is 36.4 Å². The molecule has 0 aliphatic carbocycles. The number of pyridine rings is 1. The van der Waals surface area contributed by atoms with Gasteiger partial charge in [0.2, 0.25) is 11.8 Å². The maximum Gasteiger partial charge on any atom is 0.249 e. The Kier molecular flexibility index (Phi) is 5.54. The molecule has 7 nitrogen and oxygen atoms in total. The number of hydrogen-bond acceptors (Lipinski definition) is 4. The lowest BCUT2D eigenvalue weighted by molar-refractivity contribution is -0.124. The number of nitrogens with one attached hydrogen (secondary N) is 3. The van der Waals surface area contributed by atoms with Gasteiger partial charge in [0.05, 0.1) is 12.1 Å². The van der Waals surface area contributed by atoms with Crippen molar-refractivity contribution in [2.24, 2.45) is 0 Å². The second-order valence-electron chi connectivity index (χ2n) is 6.77. The standard InChI is InChI=1S/C23H20N4O3/c28-14-21(23(30)26-17-8-9-19-15(12-17)4-3-11-24-19)27-22(29)10-7-16-13-25-20-6-2-1-5-18(16)20/h1-13,21,25,28H,14H2,(H,26,30)(H,27,29). The van der Waals surface area contributed by atoms with Crippen LogP contribution in [0.2, 0.25) is 0 Å². The average molecular weight is 400 g/mol. The number of anilines is 1. The molecule has 30 heavy (non-hydrogen) atoms. The largest absolute Gasteiger partial charge is 0.394 e. The zero-order valence-corrected chi connectivity index (χ0v) is 16.0. The molecular weight excluding hydrogens is 380 g/mol. The smallest absolute Gasteiger partial charge is 0.249 e. The number of carbonyl (C=O) groups is 2. The molecule has 1 atom stereocenters.